The van der Waals surface area contributed by atoms with Crippen molar-refractivity contribution in [1.82, 2.24) is 29.2 Å². The zero-order chi connectivity index (χ0) is 23.3. The Morgan fingerprint density at radius 3 is 2.61 bits per heavy atom. The number of imidazole rings is 1. The van der Waals surface area contributed by atoms with Crippen molar-refractivity contribution in [2.75, 3.05) is 19.7 Å². The summed E-state index contributed by atoms with van der Waals surface area (Å²) in [6.07, 6.45) is 3.08. The number of aryl methyl sites for hydroxylation is 1. The van der Waals surface area contributed by atoms with Crippen LogP contribution in [0.1, 0.15) is 52.9 Å². The Morgan fingerprint density at radius 1 is 1.06 bits per heavy atom. The third kappa shape index (κ3) is 4.12. The number of rotatable bonds is 5. The molecule has 1 atom stereocenters. The molecule has 2 aliphatic heterocycles. The Morgan fingerprint density at radius 2 is 1.88 bits per heavy atom. The number of aromatic nitrogens is 5. The van der Waals surface area contributed by atoms with Crippen molar-refractivity contribution in [2.45, 2.75) is 72.2 Å². The number of benzene rings is 1. The summed E-state index contributed by atoms with van der Waals surface area (Å²) in [4.78, 5) is 12.1. The van der Waals surface area contributed by atoms with E-state index in [1.807, 2.05) is 23.7 Å². The van der Waals surface area contributed by atoms with Crippen LogP contribution in [0.4, 0.5) is 0 Å². The van der Waals surface area contributed by atoms with Crippen molar-refractivity contribution in [1.29, 1.82) is 0 Å². The minimum Gasteiger partial charge on any atom is -0.491 e. The van der Waals surface area contributed by atoms with Crippen molar-refractivity contribution in [3.63, 3.8) is 0 Å². The third-order valence-corrected chi connectivity index (χ3v) is 6.58. The normalized spacial score (nSPS) is 20.6. The van der Waals surface area contributed by atoms with E-state index in [2.05, 4.69) is 66.4 Å². The fourth-order valence-electron chi connectivity index (χ4n) is 4.77. The molecule has 5 rings (SSSR count). The topological polar surface area (TPSA) is 70.2 Å². The molecule has 0 amide bonds. The van der Waals surface area contributed by atoms with Crippen LogP contribution in [0.5, 0.6) is 11.5 Å². The van der Waals surface area contributed by atoms with E-state index in [-0.39, 0.29) is 11.6 Å². The van der Waals surface area contributed by atoms with Crippen LogP contribution >= 0.6 is 0 Å². The minimum absolute atomic E-state index is 0.187. The van der Waals surface area contributed by atoms with Gasteiger partial charge in [0, 0.05) is 43.9 Å². The highest BCUT2D eigenvalue weighted by atomic mass is 16.5. The van der Waals surface area contributed by atoms with E-state index in [0.717, 1.165) is 66.3 Å². The highest BCUT2D eigenvalue weighted by Crippen LogP contribution is 2.38. The molecule has 3 aromatic rings. The van der Waals surface area contributed by atoms with Gasteiger partial charge in [-0.25, -0.2) is 14.6 Å². The summed E-state index contributed by atoms with van der Waals surface area (Å²) in [7, 11) is 0. The lowest BCUT2D eigenvalue weighted by Crippen LogP contribution is -2.38. The third-order valence-electron chi connectivity index (χ3n) is 6.58. The first kappa shape index (κ1) is 21.9. The van der Waals surface area contributed by atoms with Gasteiger partial charge in [-0.1, -0.05) is 0 Å². The van der Waals surface area contributed by atoms with Gasteiger partial charge in [-0.3, -0.25) is 4.90 Å². The van der Waals surface area contributed by atoms with Gasteiger partial charge in [0.1, 0.15) is 41.0 Å². The van der Waals surface area contributed by atoms with Crippen LogP contribution in [-0.2, 0) is 6.54 Å². The van der Waals surface area contributed by atoms with Crippen molar-refractivity contribution >= 4 is 0 Å². The minimum atomic E-state index is -0.187. The van der Waals surface area contributed by atoms with E-state index in [0.29, 0.717) is 12.6 Å². The van der Waals surface area contributed by atoms with E-state index in [9.17, 15) is 0 Å². The van der Waals surface area contributed by atoms with Crippen molar-refractivity contribution in [3.8, 4) is 34.4 Å². The summed E-state index contributed by atoms with van der Waals surface area (Å²) in [5, 5.41) is 4.55. The van der Waals surface area contributed by atoms with Crippen molar-refractivity contribution < 1.29 is 9.47 Å². The quantitative estimate of drug-likeness (QED) is 0.576. The number of fused-ring (bicyclic) bond motifs is 3. The van der Waals surface area contributed by atoms with Crippen LogP contribution in [0, 0.1) is 6.92 Å². The molecule has 2 aliphatic rings. The van der Waals surface area contributed by atoms with Gasteiger partial charge in [-0.2, -0.15) is 5.10 Å². The molecule has 0 radical (unpaired) electrons. The van der Waals surface area contributed by atoms with Gasteiger partial charge in [-0.15, -0.1) is 0 Å². The average Bonchev–Trinajstić information content (AvgIpc) is 3.43. The van der Waals surface area contributed by atoms with Gasteiger partial charge < -0.3 is 14.0 Å². The zero-order valence-corrected chi connectivity index (χ0v) is 20.5. The first-order chi connectivity index (χ1) is 15.7. The molecular formula is C25H34N6O2. The Labute approximate surface area is 195 Å². The van der Waals surface area contributed by atoms with Gasteiger partial charge in [0.2, 0.25) is 0 Å². The summed E-state index contributed by atoms with van der Waals surface area (Å²) in [6.45, 7) is 16.1. The fourth-order valence-corrected chi connectivity index (χ4v) is 4.77. The van der Waals surface area contributed by atoms with Crippen LogP contribution < -0.4 is 9.47 Å². The lowest BCUT2D eigenvalue weighted by atomic mass is 10.1. The molecular weight excluding hydrogens is 416 g/mol. The summed E-state index contributed by atoms with van der Waals surface area (Å²) in [5.74, 6) is 4.10. The summed E-state index contributed by atoms with van der Waals surface area (Å²) < 4.78 is 16.7. The maximum absolute atomic E-state index is 6.49. The monoisotopic (exact) mass is 450 g/mol. The fraction of sp³-hybridized carbons (Fsp3) is 0.560. The van der Waals surface area contributed by atoms with Gasteiger partial charge in [-0.05, 0) is 53.7 Å². The molecule has 1 saturated heterocycles. The van der Waals surface area contributed by atoms with Crippen LogP contribution in [0.25, 0.3) is 22.9 Å². The van der Waals surface area contributed by atoms with Crippen LogP contribution in [0.3, 0.4) is 0 Å². The van der Waals surface area contributed by atoms with Gasteiger partial charge >= 0.3 is 0 Å². The van der Waals surface area contributed by atoms with Crippen molar-refractivity contribution in [3.05, 3.63) is 30.2 Å². The second-order valence-electron chi connectivity index (χ2n) is 10.0. The first-order valence-electron chi connectivity index (χ1n) is 11.9. The lowest BCUT2D eigenvalue weighted by molar-refractivity contribution is 0.0906. The smallest absolute Gasteiger partial charge is 0.178 e. The van der Waals surface area contributed by atoms with Crippen LogP contribution in [0.2, 0.25) is 0 Å². The van der Waals surface area contributed by atoms with E-state index in [1.54, 1.807) is 0 Å². The molecule has 1 unspecified atom stereocenters. The number of likely N-dealkylation sites (tertiary alicyclic amines) is 1. The molecule has 176 valence electrons. The predicted octanol–water partition coefficient (Wildman–Crippen LogP) is 4.34. The van der Waals surface area contributed by atoms with Gasteiger partial charge in [0.05, 0.1) is 12.1 Å². The van der Waals surface area contributed by atoms with Crippen LogP contribution in [-0.4, -0.2) is 60.6 Å². The largest absolute Gasteiger partial charge is 0.491 e. The highest BCUT2D eigenvalue weighted by molar-refractivity contribution is 5.69. The van der Waals surface area contributed by atoms with Gasteiger partial charge in [0.15, 0.2) is 5.82 Å². The molecule has 1 fully saturated rings. The predicted molar refractivity (Wildman–Crippen MR) is 128 cm³/mol. The second kappa shape index (κ2) is 8.17. The maximum Gasteiger partial charge on any atom is 0.178 e. The molecule has 8 heteroatoms. The van der Waals surface area contributed by atoms with E-state index in [4.69, 9.17) is 14.5 Å². The molecule has 0 spiro atoms. The Hall–Kier alpha value is -2.87. The Bertz CT molecular complexity index is 1160. The summed E-state index contributed by atoms with van der Waals surface area (Å²) in [5.41, 5.74) is 1.62. The van der Waals surface area contributed by atoms with E-state index >= 15 is 0 Å². The number of ether oxygens (including phenoxy) is 2. The van der Waals surface area contributed by atoms with Gasteiger partial charge in [0.25, 0.3) is 0 Å². The molecule has 8 nitrogen and oxygen atoms in total. The Balaban J connectivity index is 1.45. The summed E-state index contributed by atoms with van der Waals surface area (Å²) >= 11 is 0. The first-order valence-corrected chi connectivity index (χ1v) is 11.9. The zero-order valence-electron chi connectivity index (χ0n) is 20.5. The average molecular weight is 451 g/mol. The number of hydrogen-bond acceptors (Lipinski definition) is 6. The molecule has 0 aliphatic carbocycles. The number of nitrogens with zero attached hydrogens (tertiary/aromatic N) is 6. The second-order valence-corrected chi connectivity index (χ2v) is 10.0. The SMILES string of the molecule is Cc1nc(-c2cn3c(n2)-c2ccc(OC4(C)CCN(C(C)C)C4)cc2OCC3)n(C(C)C)n1. The molecule has 1 aromatic carbocycles. The molecule has 0 bridgehead atoms. The van der Waals surface area contributed by atoms with E-state index < -0.39 is 0 Å². The molecule has 33 heavy (non-hydrogen) atoms. The molecule has 0 N–H and O–H groups in total. The Kier molecular flexibility index (Phi) is 5.43. The number of hydrogen-bond donors (Lipinski definition) is 0. The van der Waals surface area contributed by atoms with E-state index in [1.165, 1.54) is 0 Å². The van der Waals surface area contributed by atoms with Crippen molar-refractivity contribution in [2.24, 2.45) is 0 Å². The summed E-state index contributed by atoms with van der Waals surface area (Å²) in [6, 6.07) is 6.86. The molecule has 0 saturated carbocycles. The van der Waals surface area contributed by atoms with Crippen LogP contribution in [0.15, 0.2) is 24.4 Å². The highest BCUT2D eigenvalue weighted by Gasteiger charge is 2.37. The maximum atomic E-state index is 6.49. The molecule has 2 aromatic heterocycles. The standard InChI is InChI=1S/C25H34N6O2/c1-16(2)30-10-9-25(6,15-30)33-19-7-8-20-22(13-19)32-12-11-29-14-21(27-23(20)29)24-26-18(5)28-31(24)17(3)4/h7-8,13-14,16-17H,9-12,15H2,1-6H3. The lowest BCUT2D eigenvalue weighted by Gasteiger charge is -2.28. The molecule has 4 heterocycles.